The van der Waals surface area contributed by atoms with E-state index >= 15 is 0 Å². The molecule has 0 spiro atoms. The van der Waals surface area contributed by atoms with Gasteiger partial charge in [-0.1, -0.05) is 24.3 Å². The van der Waals surface area contributed by atoms with E-state index in [9.17, 15) is 13.7 Å². The molecule has 38 heavy (non-hydrogen) atoms. The number of benzene rings is 3. The smallest absolute Gasteiger partial charge is 0.263 e. The van der Waals surface area contributed by atoms with Crippen molar-refractivity contribution in [3.63, 3.8) is 0 Å². The van der Waals surface area contributed by atoms with Gasteiger partial charge in [-0.2, -0.15) is 9.64 Å². The van der Waals surface area contributed by atoms with E-state index in [0.717, 1.165) is 39.3 Å². The number of rotatable bonds is 8. The lowest BCUT2D eigenvalue weighted by Gasteiger charge is -2.15. The lowest BCUT2D eigenvalue weighted by Crippen LogP contribution is -2.13. The molecule has 0 aliphatic heterocycles. The van der Waals surface area contributed by atoms with Gasteiger partial charge in [0, 0.05) is 36.0 Å². The standard InChI is InChI=1S/C27H20N6O3S2/c28-15-18-2-1-3-20(12-18)21-4-6-26(24(14-21)19-8-10-30-11-9-19)36-25-7-5-23(13-22(25)16-29)38(34,35)33-27-31-17-32-37-27/h1-14,17H,15,28H2,(H,31,32,33). The summed E-state index contributed by atoms with van der Waals surface area (Å²) in [4.78, 5) is 7.85. The van der Waals surface area contributed by atoms with E-state index in [0.29, 0.717) is 12.3 Å². The second-order valence-corrected chi connectivity index (χ2v) is 10.5. The number of nitrogens with one attached hydrogen (secondary N) is 1. The second-order valence-electron chi connectivity index (χ2n) is 8.08. The summed E-state index contributed by atoms with van der Waals surface area (Å²) < 4.78 is 37.8. The fourth-order valence-electron chi connectivity index (χ4n) is 3.80. The first-order valence-corrected chi connectivity index (χ1v) is 13.6. The van der Waals surface area contributed by atoms with Crippen LogP contribution in [-0.2, 0) is 16.6 Å². The van der Waals surface area contributed by atoms with Crippen molar-refractivity contribution in [1.82, 2.24) is 14.3 Å². The van der Waals surface area contributed by atoms with E-state index in [1.54, 1.807) is 12.4 Å². The molecular weight excluding hydrogens is 520 g/mol. The van der Waals surface area contributed by atoms with Crippen molar-refractivity contribution < 1.29 is 13.2 Å². The topological polar surface area (TPSA) is 144 Å². The van der Waals surface area contributed by atoms with Gasteiger partial charge in [0.05, 0.1) is 10.5 Å². The summed E-state index contributed by atoms with van der Waals surface area (Å²) in [6, 6.07) is 23.6. The number of ether oxygens (including phenoxy) is 1. The van der Waals surface area contributed by atoms with Crippen LogP contribution in [0.5, 0.6) is 11.5 Å². The minimum atomic E-state index is -3.96. The number of nitrogens with zero attached hydrogens (tertiary/aromatic N) is 4. The van der Waals surface area contributed by atoms with Gasteiger partial charge in [0.1, 0.15) is 23.9 Å². The van der Waals surface area contributed by atoms with E-state index in [2.05, 4.69) is 19.1 Å². The van der Waals surface area contributed by atoms with Crippen molar-refractivity contribution in [3.05, 3.63) is 103 Å². The van der Waals surface area contributed by atoms with Crippen molar-refractivity contribution in [2.75, 3.05) is 4.72 Å². The molecule has 0 atom stereocenters. The Labute approximate surface area is 223 Å². The zero-order valence-electron chi connectivity index (χ0n) is 19.8. The second kappa shape index (κ2) is 10.8. The molecule has 0 saturated carbocycles. The summed E-state index contributed by atoms with van der Waals surface area (Å²) in [6.45, 7) is 0.436. The molecule has 0 radical (unpaired) electrons. The molecule has 0 fully saturated rings. The van der Waals surface area contributed by atoms with Crippen molar-refractivity contribution in [2.24, 2.45) is 5.73 Å². The van der Waals surface area contributed by atoms with Crippen LogP contribution in [-0.4, -0.2) is 22.8 Å². The Morgan fingerprint density at radius 1 is 0.947 bits per heavy atom. The monoisotopic (exact) mass is 540 g/mol. The molecule has 2 heterocycles. The molecule has 5 rings (SSSR count). The van der Waals surface area contributed by atoms with Crippen molar-refractivity contribution in [3.8, 4) is 39.8 Å². The summed E-state index contributed by atoms with van der Waals surface area (Å²) >= 11 is 0.909. The average Bonchev–Trinajstić information content (AvgIpc) is 3.46. The minimum Gasteiger partial charge on any atom is -0.455 e. The van der Waals surface area contributed by atoms with Gasteiger partial charge in [0.2, 0.25) is 5.13 Å². The van der Waals surface area contributed by atoms with E-state index in [1.165, 1.54) is 24.5 Å². The molecule has 0 aliphatic rings. The molecule has 11 heteroatoms. The fourth-order valence-corrected chi connectivity index (χ4v) is 5.48. The zero-order chi connectivity index (χ0) is 26.5. The van der Waals surface area contributed by atoms with Crippen LogP contribution in [0.1, 0.15) is 11.1 Å². The quantitative estimate of drug-likeness (QED) is 0.274. The fraction of sp³-hybridized carbons (Fsp3) is 0.0370. The van der Waals surface area contributed by atoms with Gasteiger partial charge in [-0.15, -0.1) is 0 Å². The Hall–Kier alpha value is -4.63. The number of aromatic nitrogens is 3. The number of sulfonamides is 1. The van der Waals surface area contributed by atoms with E-state index in [-0.39, 0.29) is 21.3 Å². The molecular formula is C27H20N6O3S2. The van der Waals surface area contributed by atoms with Crippen LogP contribution >= 0.6 is 11.5 Å². The highest BCUT2D eigenvalue weighted by Gasteiger charge is 2.19. The zero-order valence-corrected chi connectivity index (χ0v) is 21.4. The van der Waals surface area contributed by atoms with Crippen LogP contribution in [0.2, 0.25) is 0 Å². The summed E-state index contributed by atoms with van der Waals surface area (Å²) in [5.41, 5.74) is 10.5. The number of pyridine rings is 1. The minimum absolute atomic E-state index is 0.0607. The summed E-state index contributed by atoms with van der Waals surface area (Å²) in [5, 5.41) is 9.92. The van der Waals surface area contributed by atoms with E-state index in [4.69, 9.17) is 10.5 Å². The van der Waals surface area contributed by atoms with Crippen LogP contribution < -0.4 is 15.2 Å². The van der Waals surface area contributed by atoms with Crippen molar-refractivity contribution in [1.29, 1.82) is 5.26 Å². The molecule has 0 unspecified atom stereocenters. The predicted molar refractivity (Wildman–Crippen MR) is 145 cm³/mol. The van der Waals surface area contributed by atoms with E-state index < -0.39 is 10.0 Å². The number of nitrogens with two attached hydrogens (primary N) is 1. The molecule has 0 saturated heterocycles. The first kappa shape index (κ1) is 25.0. The summed E-state index contributed by atoms with van der Waals surface area (Å²) in [5.74, 6) is 0.713. The largest absolute Gasteiger partial charge is 0.455 e. The highest BCUT2D eigenvalue weighted by molar-refractivity contribution is 7.93. The Bertz CT molecular complexity index is 1730. The highest BCUT2D eigenvalue weighted by Crippen LogP contribution is 2.38. The maximum atomic E-state index is 12.8. The molecule has 0 aliphatic carbocycles. The summed E-state index contributed by atoms with van der Waals surface area (Å²) in [7, 11) is -3.96. The highest BCUT2D eigenvalue weighted by atomic mass is 32.2. The van der Waals surface area contributed by atoms with Gasteiger partial charge in [-0.3, -0.25) is 9.71 Å². The van der Waals surface area contributed by atoms with Crippen LogP contribution in [0, 0.1) is 11.3 Å². The van der Waals surface area contributed by atoms with Crippen LogP contribution in [0.4, 0.5) is 5.13 Å². The van der Waals surface area contributed by atoms with E-state index in [1.807, 2.05) is 60.7 Å². The van der Waals surface area contributed by atoms with Crippen molar-refractivity contribution >= 4 is 26.7 Å². The van der Waals surface area contributed by atoms with Crippen LogP contribution in [0.15, 0.2) is 96.4 Å². The third kappa shape index (κ3) is 5.37. The predicted octanol–water partition coefficient (Wildman–Crippen LogP) is 5.19. The van der Waals surface area contributed by atoms with Gasteiger partial charge < -0.3 is 10.5 Å². The molecule has 0 amide bonds. The lowest BCUT2D eigenvalue weighted by molar-refractivity contribution is 0.482. The van der Waals surface area contributed by atoms with Gasteiger partial charge in [-0.25, -0.2) is 13.4 Å². The Kier molecular flexibility index (Phi) is 7.10. The first-order valence-electron chi connectivity index (χ1n) is 11.3. The van der Waals surface area contributed by atoms with Gasteiger partial charge in [0.25, 0.3) is 10.0 Å². The Morgan fingerprint density at radius 3 is 2.47 bits per heavy atom. The first-order chi connectivity index (χ1) is 18.5. The van der Waals surface area contributed by atoms with Gasteiger partial charge in [0.15, 0.2) is 0 Å². The SMILES string of the molecule is N#Cc1cc(S(=O)(=O)Nc2ncns2)ccc1Oc1ccc(-c2cccc(CN)c2)cc1-c1ccncc1. The third-order valence-electron chi connectivity index (χ3n) is 5.65. The lowest BCUT2D eigenvalue weighted by atomic mass is 9.97. The maximum absolute atomic E-state index is 12.8. The molecule has 9 nitrogen and oxygen atoms in total. The Morgan fingerprint density at radius 2 is 1.74 bits per heavy atom. The molecule has 2 aromatic heterocycles. The average molecular weight is 541 g/mol. The maximum Gasteiger partial charge on any atom is 0.263 e. The normalized spacial score (nSPS) is 11.1. The number of hydrogen-bond acceptors (Lipinski definition) is 9. The van der Waals surface area contributed by atoms with Crippen LogP contribution in [0.3, 0.4) is 0 Å². The Balaban J connectivity index is 1.52. The number of anilines is 1. The molecule has 3 N–H and O–H groups in total. The summed E-state index contributed by atoms with van der Waals surface area (Å²) in [6.07, 6.45) is 4.62. The van der Waals surface area contributed by atoms with Gasteiger partial charge >= 0.3 is 0 Å². The third-order valence-corrected chi connectivity index (χ3v) is 7.70. The molecule has 0 bridgehead atoms. The molecule has 5 aromatic rings. The van der Waals surface area contributed by atoms with Crippen molar-refractivity contribution in [2.45, 2.75) is 11.4 Å². The number of nitriles is 1. The van der Waals surface area contributed by atoms with Crippen LogP contribution in [0.25, 0.3) is 22.3 Å². The van der Waals surface area contributed by atoms with Gasteiger partial charge in [-0.05, 0) is 70.8 Å². The number of hydrogen-bond donors (Lipinski definition) is 2. The molecule has 188 valence electrons. The molecule has 3 aromatic carbocycles.